The largest absolute Gasteiger partial charge is 0.493 e. The highest BCUT2D eigenvalue weighted by atomic mass is 16.5. The van der Waals surface area contributed by atoms with Crippen LogP contribution < -0.4 is 9.47 Å². The van der Waals surface area contributed by atoms with Crippen LogP contribution in [0.2, 0.25) is 0 Å². The van der Waals surface area contributed by atoms with Crippen molar-refractivity contribution in [2.24, 2.45) is 0 Å². The van der Waals surface area contributed by atoms with Gasteiger partial charge in [0.1, 0.15) is 0 Å². The summed E-state index contributed by atoms with van der Waals surface area (Å²) in [6.45, 7) is 1.85. The molecule has 0 atom stereocenters. The fourth-order valence-electron chi connectivity index (χ4n) is 1.44. The Kier molecular flexibility index (Phi) is 3.94. The van der Waals surface area contributed by atoms with Crippen LogP contribution in [0.4, 0.5) is 0 Å². The maximum absolute atomic E-state index is 10.4. The van der Waals surface area contributed by atoms with Crippen LogP contribution in [-0.2, 0) is 4.79 Å². The summed E-state index contributed by atoms with van der Waals surface area (Å²) in [7, 11) is 3.11. The number of carbonyl (C=O) groups is 1. The molecule has 0 unspecified atom stereocenters. The van der Waals surface area contributed by atoms with E-state index in [0.29, 0.717) is 11.5 Å². The topological polar surface area (TPSA) is 55.8 Å². The standard InChI is InChI=1S/C12H14O4/c1-8-9(5-7-11(13)14)4-6-10(15-2)12(8)16-3/h4-7H,1-3H3,(H,13,14). The van der Waals surface area contributed by atoms with E-state index in [-0.39, 0.29) is 0 Å². The maximum atomic E-state index is 10.4. The van der Waals surface area contributed by atoms with Crippen LogP contribution in [-0.4, -0.2) is 25.3 Å². The first-order valence-electron chi connectivity index (χ1n) is 4.72. The summed E-state index contributed by atoms with van der Waals surface area (Å²) in [5.41, 5.74) is 1.64. The fourth-order valence-corrected chi connectivity index (χ4v) is 1.44. The number of methoxy groups -OCH3 is 2. The molecule has 0 bridgehead atoms. The highest BCUT2D eigenvalue weighted by Crippen LogP contribution is 2.33. The molecule has 4 nitrogen and oxygen atoms in total. The number of ether oxygens (including phenoxy) is 2. The molecule has 0 spiro atoms. The second-order valence-electron chi connectivity index (χ2n) is 3.19. The molecule has 86 valence electrons. The number of benzene rings is 1. The van der Waals surface area contributed by atoms with Gasteiger partial charge in [0.05, 0.1) is 14.2 Å². The van der Waals surface area contributed by atoms with Gasteiger partial charge >= 0.3 is 5.97 Å². The molecule has 0 aliphatic carbocycles. The summed E-state index contributed by atoms with van der Waals surface area (Å²) >= 11 is 0. The van der Waals surface area contributed by atoms with E-state index >= 15 is 0 Å². The number of carboxylic acids is 1. The van der Waals surface area contributed by atoms with Gasteiger partial charge in [0.25, 0.3) is 0 Å². The Hall–Kier alpha value is -1.97. The molecule has 1 N–H and O–H groups in total. The average Bonchev–Trinajstić information content (AvgIpc) is 2.26. The lowest BCUT2D eigenvalue weighted by molar-refractivity contribution is -0.131. The van der Waals surface area contributed by atoms with Gasteiger partial charge in [-0.3, -0.25) is 0 Å². The van der Waals surface area contributed by atoms with Gasteiger partial charge in [0.2, 0.25) is 0 Å². The summed E-state index contributed by atoms with van der Waals surface area (Å²) in [6, 6.07) is 3.53. The minimum absolute atomic E-state index is 0.620. The molecule has 0 amide bonds. The van der Waals surface area contributed by atoms with Gasteiger partial charge in [0, 0.05) is 11.6 Å². The third-order valence-corrected chi connectivity index (χ3v) is 2.24. The van der Waals surface area contributed by atoms with Crippen molar-refractivity contribution >= 4 is 12.0 Å². The van der Waals surface area contributed by atoms with Gasteiger partial charge in [-0.2, -0.15) is 0 Å². The lowest BCUT2D eigenvalue weighted by Crippen LogP contribution is -1.95. The molecule has 0 saturated heterocycles. The molecule has 0 heterocycles. The third kappa shape index (κ3) is 2.53. The predicted octanol–water partition coefficient (Wildman–Crippen LogP) is 2.11. The van der Waals surface area contributed by atoms with E-state index in [0.717, 1.165) is 17.2 Å². The van der Waals surface area contributed by atoms with Gasteiger partial charge in [-0.1, -0.05) is 6.07 Å². The normalized spacial score (nSPS) is 10.4. The Bertz CT molecular complexity index is 421. The molecule has 16 heavy (non-hydrogen) atoms. The maximum Gasteiger partial charge on any atom is 0.328 e. The number of aliphatic carboxylic acids is 1. The zero-order chi connectivity index (χ0) is 12.1. The number of rotatable bonds is 4. The van der Waals surface area contributed by atoms with E-state index in [4.69, 9.17) is 14.6 Å². The second-order valence-corrected chi connectivity index (χ2v) is 3.19. The summed E-state index contributed by atoms with van der Waals surface area (Å²) in [5.74, 6) is 0.275. The number of hydrogen-bond acceptors (Lipinski definition) is 3. The molecule has 0 aliphatic rings. The van der Waals surface area contributed by atoms with Crippen LogP contribution in [0.1, 0.15) is 11.1 Å². The molecule has 0 saturated carbocycles. The number of carboxylic acid groups (broad SMARTS) is 1. The lowest BCUT2D eigenvalue weighted by atomic mass is 10.1. The van der Waals surface area contributed by atoms with Crippen molar-refractivity contribution < 1.29 is 19.4 Å². The van der Waals surface area contributed by atoms with Crippen molar-refractivity contribution in [1.82, 2.24) is 0 Å². The summed E-state index contributed by atoms with van der Waals surface area (Å²) in [5, 5.41) is 8.55. The van der Waals surface area contributed by atoms with Gasteiger partial charge in [-0.25, -0.2) is 4.79 Å². The molecular formula is C12H14O4. The van der Waals surface area contributed by atoms with E-state index in [2.05, 4.69) is 0 Å². The first-order valence-corrected chi connectivity index (χ1v) is 4.72. The minimum atomic E-state index is -0.978. The van der Waals surface area contributed by atoms with E-state index in [9.17, 15) is 4.79 Å². The molecule has 0 aliphatic heterocycles. The fraction of sp³-hybridized carbons (Fsp3) is 0.250. The smallest absolute Gasteiger partial charge is 0.328 e. The molecule has 1 aromatic carbocycles. The second kappa shape index (κ2) is 5.21. The average molecular weight is 222 g/mol. The lowest BCUT2D eigenvalue weighted by Gasteiger charge is -2.12. The Morgan fingerprint density at radius 3 is 2.50 bits per heavy atom. The third-order valence-electron chi connectivity index (χ3n) is 2.24. The molecule has 0 fully saturated rings. The van der Waals surface area contributed by atoms with E-state index in [1.165, 1.54) is 6.08 Å². The summed E-state index contributed by atoms with van der Waals surface area (Å²) in [4.78, 5) is 10.4. The van der Waals surface area contributed by atoms with Gasteiger partial charge in [0.15, 0.2) is 11.5 Å². The van der Waals surface area contributed by atoms with Gasteiger partial charge in [-0.15, -0.1) is 0 Å². The van der Waals surface area contributed by atoms with E-state index in [1.54, 1.807) is 26.4 Å². The van der Waals surface area contributed by atoms with Crippen LogP contribution in [0.3, 0.4) is 0 Å². The molecule has 0 aromatic heterocycles. The Morgan fingerprint density at radius 1 is 1.31 bits per heavy atom. The molecule has 0 radical (unpaired) electrons. The SMILES string of the molecule is COc1ccc(C=CC(=O)O)c(C)c1OC. The number of hydrogen-bond donors (Lipinski definition) is 1. The Morgan fingerprint density at radius 2 is 2.00 bits per heavy atom. The minimum Gasteiger partial charge on any atom is -0.493 e. The monoisotopic (exact) mass is 222 g/mol. The zero-order valence-corrected chi connectivity index (χ0v) is 9.48. The van der Waals surface area contributed by atoms with Crippen LogP contribution in [0, 0.1) is 6.92 Å². The van der Waals surface area contributed by atoms with E-state index < -0.39 is 5.97 Å². The predicted molar refractivity (Wildman–Crippen MR) is 61.0 cm³/mol. The van der Waals surface area contributed by atoms with Crippen LogP contribution in [0.15, 0.2) is 18.2 Å². The zero-order valence-electron chi connectivity index (χ0n) is 9.48. The molecular weight excluding hydrogens is 208 g/mol. The van der Waals surface area contributed by atoms with Gasteiger partial charge in [-0.05, 0) is 24.6 Å². The Balaban J connectivity index is 3.18. The molecule has 1 rings (SSSR count). The van der Waals surface area contributed by atoms with Crippen molar-refractivity contribution in [3.63, 3.8) is 0 Å². The van der Waals surface area contributed by atoms with Crippen molar-refractivity contribution in [2.75, 3.05) is 14.2 Å². The highest BCUT2D eigenvalue weighted by molar-refractivity contribution is 5.85. The van der Waals surface area contributed by atoms with Crippen molar-refractivity contribution in [2.45, 2.75) is 6.92 Å². The van der Waals surface area contributed by atoms with Crippen molar-refractivity contribution in [3.05, 3.63) is 29.3 Å². The first kappa shape index (κ1) is 12.1. The van der Waals surface area contributed by atoms with Crippen LogP contribution >= 0.6 is 0 Å². The molecule has 4 heteroatoms. The van der Waals surface area contributed by atoms with Crippen LogP contribution in [0.5, 0.6) is 11.5 Å². The highest BCUT2D eigenvalue weighted by Gasteiger charge is 2.09. The van der Waals surface area contributed by atoms with Gasteiger partial charge < -0.3 is 14.6 Å². The van der Waals surface area contributed by atoms with E-state index in [1.807, 2.05) is 6.92 Å². The first-order chi connectivity index (χ1) is 7.60. The quantitative estimate of drug-likeness (QED) is 0.793. The molecule has 1 aromatic rings. The summed E-state index contributed by atoms with van der Waals surface area (Å²) in [6.07, 6.45) is 2.62. The van der Waals surface area contributed by atoms with Crippen molar-refractivity contribution in [3.8, 4) is 11.5 Å². The van der Waals surface area contributed by atoms with Crippen LogP contribution in [0.25, 0.3) is 6.08 Å². The Labute approximate surface area is 94.1 Å². The summed E-state index contributed by atoms with van der Waals surface area (Å²) < 4.78 is 10.3. The van der Waals surface area contributed by atoms with Crippen molar-refractivity contribution in [1.29, 1.82) is 0 Å².